The number of carboxylic acids is 1. The summed E-state index contributed by atoms with van der Waals surface area (Å²) in [6.07, 6.45) is -3.76. The van der Waals surface area contributed by atoms with Crippen molar-refractivity contribution in [1.82, 2.24) is 9.78 Å². The fourth-order valence-electron chi connectivity index (χ4n) is 3.73. The van der Waals surface area contributed by atoms with Crippen LogP contribution in [0.4, 0.5) is 23.2 Å². The van der Waals surface area contributed by atoms with Gasteiger partial charge >= 0.3 is 12.1 Å². The summed E-state index contributed by atoms with van der Waals surface area (Å²) in [4.78, 5) is 28.0. The van der Waals surface area contributed by atoms with Crippen molar-refractivity contribution in [3.8, 4) is 11.4 Å². The van der Waals surface area contributed by atoms with Gasteiger partial charge in [0, 0.05) is 6.21 Å². The van der Waals surface area contributed by atoms with Crippen LogP contribution in [0.3, 0.4) is 0 Å². The van der Waals surface area contributed by atoms with Crippen molar-refractivity contribution in [1.29, 1.82) is 0 Å². The molecule has 1 aromatic heterocycles. The van der Waals surface area contributed by atoms with Gasteiger partial charge in [-0.15, -0.1) is 0 Å². The molecule has 190 valence electrons. The summed E-state index contributed by atoms with van der Waals surface area (Å²) in [5.74, 6) is -2.02. The quantitative estimate of drug-likeness (QED) is 0.231. The van der Waals surface area contributed by atoms with Gasteiger partial charge in [0.2, 0.25) is 0 Å². The summed E-state index contributed by atoms with van der Waals surface area (Å²) < 4.78 is 55.6. The molecule has 0 atom stereocenters. The van der Waals surface area contributed by atoms with Crippen molar-refractivity contribution in [3.63, 3.8) is 0 Å². The number of aliphatic imine (C=N–C) groups is 1. The van der Waals surface area contributed by atoms with Crippen LogP contribution in [0.5, 0.6) is 5.75 Å². The number of nitrogens with zero attached hydrogens (tertiary/aromatic N) is 2. The van der Waals surface area contributed by atoms with Gasteiger partial charge in [-0.05, 0) is 54.3 Å². The molecule has 37 heavy (non-hydrogen) atoms. The number of rotatable bonds is 7. The van der Waals surface area contributed by atoms with Crippen molar-refractivity contribution in [2.24, 2.45) is 4.99 Å². The van der Waals surface area contributed by atoms with Gasteiger partial charge in [0.05, 0.1) is 16.8 Å². The molecule has 0 spiro atoms. The van der Waals surface area contributed by atoms with Gasteiger partial charge in [-0.3, -0.25) is 14.9 Å². The first-order valence-corrected chi connectivity index (χ1v) is 10.9. The van der Waals surface area contributed by atoms with Crippen LogP contribution in [0, 0.1) is 5.82 Å². The van der Waals surface area contributed by atoms with E-state index in [9.17, 15) is 32.3 Å². The van der Waals surface area contributed by atoms with E-state index in [1.165, 1.54) is 36.4 Å². The van der Waals surface area contributed by atoms with E-state index in [4.69, 9.17) is 5.11 Å². The lowest BCUT2D eigenvalue weighted by Crippen LogP contribution is -2.17. The number of benzene rings is 3. The average molecular weight is 513 g/mol. The molecule has 0 saturated heterocycles. The maximum atomic E-state index is 13.9. The Morgan fingerprint density at radius 1 is 1.00 bits per heavy atom. The van der Waals surface area contributed by atoms with Gasteiger partial charge in [-0.25, -0.2) is 13.9 Å². The smallest absolute Gasteiger partial charge is 0.433 e. The van der Waals surface area contributed by atoms with Crippen molar-refractivity contribution >= 4 is 17.9 Å². The minimum atomic E-state index is -4.96. The van der Waals surface area contributed by atoms with E-state index in [0.29, 0.717) is 22.0 Å². The summed E-state index contributed by atoms with van der Waals surface area (Å²) >= 11 is 0. The van der Waals surface area contributed by atoms with Gasteiger partial charge in [-0.1, -0.05) is 36.4 Å². The second-order valence-electron chi connectivity index (χ2n) is 8.03. The number of hydrogen-bond donors (Lipinski definition) is 3. The second-order valence-corrected chi connectivity index (χ2v) is 8.03. The Balaban J connectivity index is 1.69. The van der Waals surface area contributed by atoms with Crippen LogP contribution in [0.25, 0.3) is 5.69 Å². The van der Waals surface area contributed by atoms with Crippen molar-refractivity contribution in [2.45, 2.75) is 19.0 Å². The number of H-pyrrole nitrogens is 1. The normalized spacial score (nSPS) is 11.8. The van der Waals surface area contributed by atoms with Crippen molar-refractivity contribution in [2.75, 3.05) is 0 Å². The van der Waals surface area contributed by atoms with Crippen molar-refractivity contribution < 1.29 is 32.6 Å². The summed E-state index contributed by atoms with van der Waals surface area (Å²) in [6, 6.07) is 15.5. The number of aromatic hydroxyl groups is 1. The molecule has 4 aromatic rings. The van der Waals surface area contributed by atoms with Crippen LogP contribution < -0.4 is 5.56 Å². The summed E-state index contributed by atoms with van der Waals surface area (Å²) in [5.41, 5.74) is -2.93. The Hall–Kier alpha value is -4.67. The molecule has 3 aromatic carbocycles. The number of nitrogens with one attached hydrogen (secondary N) is 1. The number of halogens is 4. The topological polar surface area (TPSA) is 108 Å². The number of phenolic OH excluding ortho intramolecular Hbond substituents is 1. The fraction of sp³-hybridized carbons (Fsp3) is 0.115. The lowest BCUT2D eigenvalue weighted by atomic mass is 10.0. The molecule has 0 aliphatic carbocycles. The van der Waals surface area contributed by atoms with Gasteiger partial charge in [-0.2, -0.15) is 13.2 Å². The van der Waals surface area contributed by atoms with E-state index in [1.807, 2.05) is 5.10 Å². The summed E-state index contributed by atoms with van der Waals surface area (Å²) in [7, 11) is 0. The lowest BCUT2D eigenvalue weighted by Gasteiger charge is -2.08. The first-order chi connectivity index (χ1) is 17.6. The molecule has 0 bridgehead atoms. The predicted octanol–water partition coefficient (Wildman–Crippen LogP) is 5.26. The zero-order valence-electron chi connectivity index (χ0n) is 19.0. The van der Waals surface area contributed by atoms with E-state index < -0.39 is 34.8 Å². The Morgan fingerprint density at radius 2 is 1.68 bits per heavy atom. The number of phenols is 1. The summed E-state index contributed by atoms with van der Waals surface area (Å²) in [6.45, 7) is 0. The minimum absolute atomic E-state index is 0.0841. The fourth-order valence-corrected chi connectivity index (χ4v) is 3.73. The molecule has 4 rings (SSSR count). The third-order valence-corrected chi connectivity index (χ3v) is 5.61. The lowest BCUT2D eigenvalue weighted by molar-refractivity contribution is -0.141. The third kappa shape index (κ3) is 5.45. The first-order valence-electron chi connectivity index (χ1n) is 10.9. The van der Waals surface area contributed by atoms with Crippen LogP contribution in [-0.4, -0.2) is 32.2 Å². The van der Waals surface area contributed by atoms with E-state index >= 15 is 0 Å². The number of hydrogen-bond acceptors (Lipinski definition) is 4. The first kappa shape index (κ1) is 25.4. The highest BCUT2D eigenvalue weighted by Gasteiger charge is 2.37. The van der Waals surface area contributed by atoms with Crippen LogP contribution in [0.2, 0.25) is 0 Å². The van der Waals surface area contributed by atoms with Crippen molar-refractivity contribution in [3.05, 3.63) is 111 Å². The largest absolute Gasteiger partial charge is 0.505 e. The Kier molecular flexibility index (Phi) is 6.96. The molecule has 0 aliphatic heterocycles. The molecule has 0 unspecified atom stereocenters. The SMILES string of the molecule is O=C(O)c1cccc(-n2[nH]c(C(F)(F)F)c(C=Nc3cccc(CCc4ccccc4F)c3O)c2=O)c1. The molecule has 0 amide bonds. The van der Waals surface area contributed by atoms with Crippen LogP contribution in [0.15, 0.2) is 76.5 Å². The molecule has 0 radical (unpaired) electrons. The molecule has 7 nitrogen and oxygen atoms in total. The monoisotopic (exact) mass is 513 g/mol. The Morgan fingerprint density at radius 3 is 2.38 bits per heavy atom. The van der Waals surface area contributed by atoms with Gasteiger partial charge in [0.15, 0.2) is 5.69 Å². The van der Waals surface area contributed by atoms with Crippen LogP contribution in [0.1, 0.15) is 32.7 Å². The number of carbonyl (C=O) groups is 1. The van der Waals surface area contributed by atoms with Gasteiger partial charge in [0.25, 0.3) is 5.56 Å². The minimum Gasteiger partial charge on any atom is -0.505 e. The highest BCUT2D eigenvalue weighted by Crippen LogP contribution is 2.33. The molecule has 1 heterocycles. The Labute approximate surface area is 207 Å². The molecule has 0 fully saturated rings. The van der Waals surface area contributed by atoms with E-state index in [-0.39, 0.29) is 35.5 Å². The van der Waals surface area contributed by atoms with E-state index in [0.717, 1.165) is 6.07 Å². The molecular formula is C26H19F4N3O4. The highest BCUT2D eigenvalue weighted by molar-refractivity contribution is 5.88. The number of para-hydroxylation sites is 1. The number of carboxylic acid groups (broad SMARTS) is 1. The maximum absolute atomic E-state index is 13.9. The average Bonchev–Trinajstić information content (AvgIpc) is 3.20. The third-order valence-electron chi connectivity index (χ3n) is 5.61. The van der Waals surface area contributed by atoms with Gasteiger partial charge < -0.3 is 10.2 Å². The standard InChI is InChI=1S/C26H19F4N3O4/c27-20-9-2-1-5-15(20)11-12-16-6-4-10-21(22(16)34)31-14-19-23(26(28,29)30)32-33(24(19)35)18-8-3-7-17(13-18)25(36)37/h1-10,13-14,32,34H,11-12H2,(H,36,37). The highest BCUT2D eigenvalue weighted by atomic mass is 19.4. The number of aromatic nitrogens is 2. The summed E-state index contributed by atoms with van der Waals surface area (Å²) in [5, 5.41) is 21.7. The molecular weight excluding hydrogens is 494 g/mol. The Bertz CT molecular complexity index is 1550. The second kappa shape index (κ2) is 10.1. The molecule has 3 N–H and O–H groups in total. The molecule has 11 heteroatoms. The maximum Gasteiger partial charge on any atom is 0.433 e. The zero-order valence-corrected chi connectivity index (χ0v) is 19.0. The number of aromatic amines is 1. The molecule has 0 saturated carbocycles. The number of aromatic carboxylic acids is 1. The predicted molar refractivity (Wildman–Crippen MR) is 128 cm³/mol. The van der Waals surface area contributed by atoms with E-state index in [2.05, 4.69) is 4.99 Å². The van der Waals surface area contributed by atoms with Gasteiger partial charge in [0.1, 0.15) is 17.3 Å². The van der Waals surface area contributed by atoms with Crippen LogP contribution >= 0.6 is 0 Å². The number of aryl methyl sites for hydroxylation is 2. The van der Waals surface area contributed by atoms with Crippen LogP contribution in [-0.2, 0) is 19.0 Å². The molecule has 0 aliphatic rings. The number of alkyl halides is 3. The van der Waals surface area contributed by atoms with E-state index in [1.54, 1.807) is 24.3 Å². The zero-order chi connectivity index (χ0) is 26.7.